The van der Waals surface area contributed by atoms with Gasteiger partial charge in [-0.2, -0.15) is 0 Å². The van der Waals surface area contributed by atoms with Crippen LogP contribution in [0.25, 0.3) is 0 Å². The monoisotopic (exact) mass is 296 g/mol. The van der Waals surface area contributed by atoms with Gasteiger partial charge in [-0.25, -0.2) is 4.79 Å². The normalized spacial score (nSPS) is 22.4. The van der Waals surface area contributed by atoms with Gasteiger partial charge < -0.3 is 15.7 Å². The number of aliphatic hydroxyl groups excluding tert-OH is 1. The lowest BCUT2D eigenvalue weighted by atomic mass is 9.87. The maximum Gasteiger partial charge on any atom is 0.319 e. The zero-order valence-corrected chi connectivity index (χ0v) is 12.4. The summed E-state index contributed by atoms with van der Waals surface area (Å²) in [5, 5.41) is 15.7. The first kappa shape index (κ1) is 15.1. The van der Waals surface area contributed by atoms with Crippen LogP contribution in [0.2, 0.25) is 5.02 Å². The molecule has 0 aromatic heterocycles. The van der Waals surface area contributed by atoms with Crippen molar-refractivity contribution < 1.29 is 9.90 Å². The lowest BCUT2D eigenvalue weighted by Gasteiger charge is -2.25. The average Bonchev–Trinajstić information content (AvgIpc) is 2.40. The number of aryl methyl sites for hydroxylation is 1. The van der Waals surface area contributed by atoms with Crippen molar-refractivity contribution in [1.29, 1.82) is 0 Å². The molecule has 1 aromatic rings. The summed E-state index contributed by atoms with van der Waals surface area (Å²) < 4.78 is 0. The van der Waals surface area contributed by atoms with Crippen LogP contribution in [-0.2, 0) is 0 Å². The molecule has 110 valence electrons. The van der Waals surface area contributed by atoms with E-state index in [1.165, 1.54) is 0 Å². The third-order valence-corrected chi connectivity index (χ3v) is 3.99. The summed E-state index contributed by atoms with van der Waals surface area (Å²) in [5.41, 5.74) is 1.66. The number of rotatable bonds is 3. The first-order valence-corrected chi connectivity index (χ1v) is 7.41. The highest BCUT2D eigenvalue weighted by Crippen LogP contribution is 2.24. The van der Waals surface area contributed by atoms with Crippen LogP contribution < -0.4 is 10.6 Å². The standard InChI is InChI=1S/C15H21ClN2O2/c1-10-5-6-14(13(16)7-10)18-15(20)17-9-11-3-2-4-12(19)8-11/h5-7,11-12,19H,2-4,8-9H2,1H3,(H2,17,18,20). The zero-order chi connectivity index (χ0) is 14.5. The summed E-state index contributed by atoms with van der Waals surface area (Å²) in [4.78, 5) is 11.8. The molecule has 1 fully saturated rings. The Morgan fingerprint density at radius 3 is 2.95 bits per heavy atom. The van der Waals surface area contributed by atoms with Gasteiger partial charge >= 0.3 is 6.03 Å². The van der Waals surface area contributed by atoms with Crippen molar-refractivity contribution in [2.75, 3.05) is 11.9 Å². The number of anilines is 1. The summed E-state index contributed by atoms with van der Waals surface area (Å²) in [6.07, 6.45) is 3.51. The molecule has 2 atom stereocenters. The SMILES string of the molecule is Cc1ccc(NC(=O)NCC2CCCC(O)C2)c(Cl)c1. The number of nitrogens with one attached hydrogen (secondary N) is 2. The van der Waals surface area contributed by atoms with Gasteiger partial charge in [0.25, 0.3) is 0 Å². The van der Waals surface area contributed by atoms with Crippen LogP contribution in [0.4, 0.5) is 10.5 Å². The van der Waals surface area contributed by atoms with Gasteiger partial charge in [0, 0.05) is 6.54 Å². The highest BCUT2D eigenvalue weighted by molar-refractivity contribution is 6.33. The zero-order valence-electron chi connectivity index (χ0n) is 11.7. The molecule has 2 unspecified atom stereocenters. The van der Waals surface area contributed by atoms with Crippen LogP contribution in [0.1, 0.15) is 31.2 Å². The third kappa shape index (κ3) is 4.39. The summed E-state index contributed by atoms with van der Waals surface area (Å²) in [6, 6.07) is 5.26. The van der Waals surface area contributed by atoms with Crippen LogP contribution in [0, 0.1) is 12.8 Å². The second-order valence-corrected chi connectivity index (χ2v) is 5.91. The molecule has 2 amide bonds. The maximum atomic E-state index is 11.8. The van der Waals surface area contributed by atoms with Crippen LogP contribution in [0.3, 0.4) is 0 Å². The van der Waals surface area contributed by atoms with E-state index in [0.29, 0.717) is 23.2 Å². The molecule has 1 aromatic carbocycles. The molecular formula is C15H21ClN2O2. The average molecular weight is 297 g/mol. The molecule has 4 nitrogen and oxygen atoms in total. The molecule has 0 saturated heterocycles. The van der Waals surface area contributed by atoms with E-state index in [1.54, 1.807) is 6.07 Å². The fourth-order valence-corrected chi connectivity index (χ4v) is 2.86. The molecule has 1 aliphatic rings. The second-order valence-electron chi connectivity index (χ2n) is 5.50. The second kappa shape index (κ2) is 6.95. The van der Waals surface area contributed by atoms with Crippen molar-refractivity contribution in [1.82, 2.24) is 5.32 Å². The van der Waals surface area contributed by atoms with Gasteiger partial charge in [0.05, 0.1) is 16.8 Å². The van der Waals surface area contributed by atoms with E-state index < -0.39 is 0 Å². The number of urea groups is 1. The Hall–Kier alpha value is -1.26. The van der Waals surface area contributed by atoms with Gasteiger partial charge in [0.1, 0.15) is 0 Å². The summed E-state index contributed by atoms with van der Waals surface area (Å²) in [5.74, 6) is 0.359. The Bertz CT molecular complexity index is 479. The van der Waals surface area contributed by atoms with E-state index in [9.17, 15) is 9.90 Å². The number of benzene rings is 1. The lowest BCUT2D eigenvalue weighted by Crippen LogP contribution is -2.35. The van der Waals surface area contributed by atoms with Crippen LogP contribution in [-0.4, -0.2) is 23.8 Å². The van der Waals surface area contributed by atoms with Crippen molar-refractivity contribution in [2.45, 2.75) is 38.7 Å². The van der Waals surface area contributed by atoms with Crippen molar-refractivity contribution in [2.24, 2.45) is 5.92 Å². The Labute approximate surface area is 124 Å². The van der Waals surface area contributed by atoms with Gasteiger partial charge in [0.15, 0.2) is 0 Å². The van der Waals surface area contributed by atoms with E-state index in [1.807, 2.05) is 19.1 Å². The molecule has 0 radical (unpaired) electrons. The first-order chi connectivity index (χ1) is 9.54. The highest BCUT2D eigenvalue weighted by Gasteiger charge is 2.20. The molecule has 0 spiro atoms. The highest BCUT2D eigenvalue weighted by atomic mass is 35.5. The van der Waals surface area contributed by atoms with E-state index in [-0.39, 0.29) is 12.1 Å². The molecule has 5 heteroatoms. The third-order valence-electron chi connectivity index (χ3n) is 3.68. The van der Waals surface area contributed by atoms with Crippen molar-refractivity contribution in [3.8, 4) is 0 Å². The Kier molecular flexibility index (Phi) is 5.26. The predicted molar refractivity (Wildman–Crippen MR) is 81.2 cm³/mol. The van der Waals surface area contributed by atoms with Crippen LogP contribution >= 0.6 is 11.6 Å². The van der Waals surface area contributed by atoms with Gasteiger partial charge in [-0.3, -0.25) is 0 Å². The summed E-state index contributed by atoms with van der Waals surface area (Å²) in [6.45, 7) is 2.54. The Morgan fingerprint density at radius 1 is 1.45 bits per heavy atom. The maximum absolute atomic E-state index is 11.8. The van der Waals surface area contributed by atoms with Gasteiger partial charge in [-0.05, 0) is 49.8 Å². The lowest BCUT2D eigenvalue weighted by molar-refractivity contribution is 0.101. The molecule has 20 heavy (non-hydrogen) atoms. The van der Waals surface area contributed by atoms with Crippen molar-refractivity contribution >= 4 is 23.3 Å². The van der Waals surface area contributed by atoms with Gasteiger partial charge in [0.2, 0.25) is 0 Å². The minimum Gasteiger partial charge on any atom is -0.393 e. The van der Waals surface area contributed by atoms with Crippen LogP contribution in [0.15, 0.2) is 18.2 Å². The number of hydrogen-bond acceptors (Lipinski definition) is 2. The molecule has 2 rings (SSSR count). The van der Waals surface area contributed by atoms with E-state index in [0.717, 1.165) is 31.2 Å². The van der Waals surface area contributed by atoms with E-state index in [2.05, 4.69) is 10.6 Å². The molecule has 0 heterocycles. The predicted octanol–water partition coefficient (Wildman–Crippen LogP) is 3.32. The Balaban J connectivity index is 1.80. The molecule has 1 aliphatic carbocycles. The molecule has 3 N–H and O–H groups in total. The number of hydrogen-bond donors (Lipinski definition) is 3. The number of amides is 2. The minimum atomic E-state index is -0.254. The van der Waals surface area contributed by atoms with Gasteiger partial charge in [-0.1, -0.05) is 24.1 Å². The van der Waals surface area contributed by atoms with Gasteiger partial charge in [-0.15, -0.1) is 0 Å². The van der Waals surface area contributed by atoms with E-state index >= 15 is 0 Å². The fourth-order valence-electron chi connectivity index (χ4n) is 2.57. The first-order valence-electron chi connectivity index (χ1n) is 7.03. The molecule has 1 saturated carbocycles. The number of halogens is 1. The van der Waals surface area contributed by atoms with Crippen LogP contribution in [0.5, 0.6) is 0 Å². The largest absolute Gasteiger partial charge is 0.393 e. The summed E-state index contributed by atoms with van der Waals surface area (Å²) >= 11 is 6.07. The summed E-state index contributed by atoms with van der Waals surface area (Å²) in [7, 11) is 0. The quantitative estimate of drug-likeness (QED) is 0.801. The molecule has 0 bridgehead atoms. The minimum absolute atomic E-state index is 0.217. The number of aliphatic hydroxyl groups is 1. The van der Waals surface area contributed by atoms with Crippen molar-refractivity contribution in [3.05, 3.63) is 28.8 Å². The molecule has 0 aliphatic heterocycles. The smallest absolute Gasteiger partial charge is 0.319 e. The van der Waals surface area contributed by atoms with E-state index in [4.69, 9.17) is 11.6 Å². The fraction of sp³-hybridized carbons (Fsp3) is 0.533. The van der Waals surface area contributed by atoms with Crippen molar-refractivity contribution in [3.63, 3.8) is 0 Å². The number of carbonyl (C=O) groups excluding carboxylic acids is 1. The Morgan fingerprint density at radius 2 is 2.25 bits per heavy atom. The topological polar surface area (TPSA) is 61.4 Å². The molecular weight excluding hydrogens is 276 g/mol. The number of carbonyl (C=O) groups is 1.